The number of halogens is 1. The highest BCUT2D eigenvalue weighted by molar-refractivity contribution is 9.11. The summed E-state index contributed by atoms with van der Waals surface area (Å²) in [4.78, 5) is 12.9. The molecule has 0 N–H and O–H groups in total. The molecule has 1 heterocycles. The van der Waals surface area contributed by atoms with Crippen LogP contribution < -0.4 is 0 Å². The van der Waals surface area contributed by atoms with Gasteiger partial charge in [0.1, 0.15) is 0 Å². The van der Waals surface area contributed by atoms with Crippen LogP contribution in [0.15, 0.2) is 15.2 Å². The van der Waals surface area contributed by atoms with Crippen LogP contribution in [0, 0.1) is 0 Å². The second kappa shape index (κ2) is 7.28. The monoisotopic (exact) mass is 337 g/mol. The summed E-state index contributed by atoms with van der Waals surface area (Å²) >= 11 is 4.98. The maximum absolute atomic E-state index is 11.7. The average molecular weight is 338 g/mol. The summed E-state index contributed by atoms with van der Waals surface area (Å²) in [6.07, 6.45) is 1.17. The normalized spacial score (nSPS) is 12.4. The maximum Gasteiger partial charge on any atom is 0.222 e. The van der Waals surface area contributed by atoms with Crippen molar-refractivity contribution >= 4 is 44.0 Å². The van der Waals surface area contributed by atoms with Crippen molar-refractivity contribution in [1.29, 1.82) is 0 Å². The Morgan fingerprint density at radius 3 is 2.76 bits per heavy atom. The minimum absolute atomic E-state index is 0.0975. The van der Waals surface area contributed by atoms with Crippen LogP contribution in [-0.2, 0) is 21.3 Å². The van der Waals surface area contributed by atoms with Crippen molar-refractivity contribution in [2.45, 2.75) is 18.6 Å². The predicted molar refractivity (Wildman–Crippen MR) is 76.7 cm³/mol. The van der Waals surface area contributed by atoms with Gasteiger partial charge in [-0.15, -0.1) is 11.3 Å². The molecule has 1 atom stereocenters. The largest absolute Gasteiger partial charge is 0.349 e. The Kier molecular flexibility index (Phi) is 6.37. The van der Waals surface area contributed by atoms with E-state index < -0.39 is 10.8 Å². The number of rotatable bonds is 6. The number of carbonyl (C=O) groups excluding carboxylic acids is 1. The van der Waals surface area contributed by atoms with E-state index >= 15 is 0 Å². The number of hydrogen-bond acceptors (Lipinski definition) is 3. The molecule has 0 saturated carbocycles. The van der Waals surface area contributed by atoms with Gasteiger partial charge in [-0.2, -0.15) is 0 Å². The fraction of sp³-hybridized carbons (Fsp3) is 0.545. The lowest BCUT2D eigenvalue weighted by molar-refractivity contribution is -0.128. The number of thiophene rings is 1. The SMILES string of the molecule is CN(C)C(=O)CCC[S@@](=O)Cc1csc(Br)c1. The Hall–Kier alpha value is -0.200. The molecule has 6 heteroatoms. The molecule has 0 aliphatic heterocycles. The summed E-state index contributed by atoms with van der Waals surface area (Å²) in [5.41, 5.74) is 1.10. The van der Waals surface area contributed by atoms with E-state index in [4.69, 9.17) is 0 Å². The van der Waals surface area contributed by atoms with Crippen LogP contribution in [0.25, 0.3) is 0 Å². The van der Waals surface area contributed by atoms with Gasteiger partial charge in [-0.05, 0) is 39.4 Å². The smallest absolute Gasteiger partial charge is 0.222 e. The Bertz CT molecular complexity index is 404. The van der Waals surface area contributed by atoms with Crippen molar-refractivity contribution in [3.63, 3.8) is 0 Å². The fourth-order valence-corrected chi connectivity index (χ4v) is 3.75. The second-order valence-electron chi connectivity index (χ2n) is 3.94. The summed E-state index contributed by atoms with van der Waals surface area (Å²) in [5.74, 6) is 1.27. The van der Waals surface area contributed by atoms with E-state index in [1.54, 1.807) is 30.3 Å². The Balaban J connectivity index is 2.24. The highest BCUT2D eigenvalue weighted by Gasteiger charge is 2.07. The van der Waals surface area contributed by atoms with Crippen LogP contribution in [0.4, 0.5) is 0 Å². The van der Waals surface area contributed by atoms with Gasteiger partial charge < -0.3 is 4.90 Å². The Labute approximate surface area is 117 Å². The summed E-state index contributed by atoms with van der Waals surface area (Å²) < 4.78 is 12.8. The molecule has 0 unspecified atom stereocenters. The zero-order valence-corrected chi connectivity index (χ0v) is 13.2. The molecule has 0 aliphatic rings. The lowest BCUT2D eigenvalue weighted by Gasteiger charge is -2.09. The van der Waals surface area contributed by atoms with E-state index in [0.29, 0.717) is 24.3 Å². The summed E-state index contributed by atoms with van der Waals surface area (Å²) in [7, 11) is 2.60. The third-order valence-electron chi connectivity index (χ3n) is 2.21. The first-order valence-electron chi connectivity index (χ1n) is 5.27. The molecule has 1 aromatic heterocycles. The predicted octanol–water partition coefficient (Wildman–Crippen LogP) is 2.63. The second-order valence-corrected chi connectivity index (χ2v) is 7.81. The lowest BCUT2D eigenvalue weighted by Crippen LogP contribution is -2.21. The first-order chi connectivity index (χ1) is 7.99. The van der Waals surface area contributed by atoms with E-state index in [-0.39, 0.29) is 5.91 Å². The summed E-state index contributed by atoms with van der Waals surface area (Å²) in [6.45, 7) is 0. The number of carbonyl (C=O) groups is 1. The van der Waals surface area contributed by atoms with Crippen molar-refractivity contribution < 1.29 is 9.00 Å². The van der Waals surface area contributed by atoms with E-state index in [9.17, 15) is 9.00 Å². The molecule has 0 spiro atoms. The van der Waals surface area contributed by atoms with E-state index in [0.717, 1.165) is 9.35 Å². The molecule has 1 amide bonds. The van der Waals surface area contributed by atoms with Gasteiger partial charge in [0.15, 0.2) is 0 Å². The average Bonchev–Trinajstić information content (AvgIpc) is 2.63. The van der Waals surface area contributed by atoms with Crippen LogP contribution in [0.1, 0.15) is 18.4 Å². The van der Waals surface area contributed by atoms with Crippen molar-refractivity contribution in [2.24, 2.45) is 0 Å². The van der Waals surface area contributed by atoms with Gasteiger partial charge in [0, 0.05) is 42.8 Å². The van der Waals surface area contributed by atoms with Crippen LogP contribution in [0.5, 0.6) is 0 Å². The zero-order chi connectivity index (χ0) is 12.8. The number of hydrogen-bond donors (Lipinski definition) is 0. The van der Waals surface area contributed by atoms with Gasteiger partial charge >= 0.3 is 0 Å². The summed E-state index contributed by atoms with van der Waals surface area (Å²) in [5, 5.41) is 2.01. The Morgan fingerprint density at radius 1 is 1.53 bits per heavy atom. The van der Waals surface area contributed by atoms with E-state index in [1.807, 2.05) is 11.4 Å². The maximum atomic E-state index is 11.7. The fourth-order valence-electron chi connectivity index (χ4n) is 1.29. The van der Waals surface area contributed by atoms with Gasteiger partial charge in [-0.3, -0.25) is 9.00 Å². The van der Waals surface area contributed by atoms with Gasteiger partial charge in [0.25, 0.3) is 0 Å². The zero-order valence-electron chi connectivity index (χ0n) is 9.94. The molecule has 0 radical (unpaired) electrons. The van der Waals surface area contributed by atoms with Crippen molar-refractivity contribution in [2.75, 3.05) is 19.8 Å². The topological polar surface area (TPSA) is 37.4 Å². The first kappa shape index (κ1) is 14.9. The third kappa shape index (κ3) is 5.79. The minimum Gasteiger partial charge on any atom is -0.349 e. The molecule has 1 aromatic rings. The molecule has 3 nitrogen and oxygen atoms in total. The molecule has 0 fully saturated rings. The van der Waals surface area contributed by atoms with Gasteiger partial charge in [-0.25, -0.2) is 0 Å². The van der Waals surface area contributed by atoms with Crippen LogP contribution in [0.2, 0.25) is 0 Å². The Morgan fingerprint density at radius 2 is 2.24 bits per heavy atom. The molecule has 17 heavy (non-hydrogen) atoms. The highest BCUT2D eigenvalue weighted by Crippen LogP contribution is 2.21. The molecular formula is C11H16BrNO2S2. The number of nitrogens with zero attached hydrogens (tertiary/aromatic N) is 1. The standard InChI is InChI=1S/C11H16BrNO2S2/c1-13(2)11(14)4-3-5-17(15)8-9-6-10(12)16-7-9/h6-7H,3-5,8H2,1-2H3/t17-/m1/s1. The molecule has 1 rings (SSSR count). The lowest BCUT2D eigenvalue weighted by atomic mass is 10.3. The van der Waals surface area contributed by atoms with Crippen molar-refractivity contribution in [1.82, 2.24) is 4.90 Å². The minimum atomic E-state index is -0.872. The summed E-state index contributed by atoms with van der Waals surface area (Å²) in [6, 6.07) is 1.99. The van der Waals surface area contributed by atoms with Crippen LogP contribution >= 0.6 is 27.3 Å². The molecule has 0 aliphatic carbocycles. The van der Waals surface area contributed by atoms with E-state index in [2.05, 4.69) is 15.9 Å². The van der Waals surface area contributed by atoms with E-state index in [1.165, 1.54) is 0 Å². The molecule has 0 aromatic carbocycles. The van der Waals surface area contributed by atoms with Crippen LogP contribution in [-0.4, -0.2) is 34.9 Å². The quantitative estimate of drug-likeness (QED) is 0.800. The molecule has 0 saturated heterocycles. The number of amides is 1. The van der Waals surface area contributed by atoms with Gasteiger partial charge in [-0.1, -0.05) is 0 Å². The highest BCUT2D eigenvalue weighted by atomic mass is 79.9. The van der Waals surface area contributed by atoms with Crippen molar-refractivity contribution in [3.05, 3.63) is 20.8 Å². The van der Waals surface area contributed by atoms with Crippen LogP contribution in [0.3, 0.4) is 0 Å². The van der Waals surface area contributed by atoms with Gasteiger partial charge in [0.2, 0.25) is 5.91 Å². The third-order valence-corrected chi connectivity index (χ3v) is 5.16. The first-order valence-corrected chi connectivity index (χ1v) is 8.43. The van der Waals surface area contributed by atoms with Crippen molar-refractivity contribution in [3.8, 4) is 0 Å². The molecule has 96 valence electrons. The molecule has 0 bridgehead atoms. The van der Waals surface area contributed by atoms with Gasteiger partial charge in [0.05, 0.1) is 3.79 Å². The molecular weight excluding hydrogens is 322 g/mol.